The monoisotopic (exact) mass is 311 g/mol. The number of likely N-dealkylation sites (N-methyl/N-ethyl adjacent to an activating group) is 2. The van der Waals surface area contributed by atoms with Crippen LogP contribution in [0.25, 0.3) is 0 Å². The van der Waals surface area contributed by atoms with E-state index >= 15 is 0 Å². The highest BCUT2D eigenvalue weighted by Gasteiger charge is 2.21. The molecule has 0 fully saturated rings. The SMILES string of the molecule is CN(C)C[C@H](c1ccccc1)N(C)C(=O)CCc1ccncc1. The molecule has 0 bridgehead atoms. The number of amides is 1. The van der Waals surface area contributed by atoms with Crippen molar-refractivity contribution in [3.63, 3.8) is 0 Å². The van der Waals surface area contributed by atoms with Gasteiger partial charge >= 0.3 is 0 Å². The van der Waals surface area contributed by atoms with Gasteiger partial charge in [0.2, 0.25) is 5.91 Å². The van der Waals surface area contributed by atoms with Gasteiger partial charge in [-0.25, -0.2) is 0 Å². The Morgan fingerprint density at radius 2 is 1.70 bits per heavy atom. The molecule has 23 heavy (non-hydrogen) atoms. The summed E-state index contributed by atoms with van der Waals surface area (Å²) in [6, 6.07) is 14.2. The van der Waals surface area contributed by atoms with E-state index in [1.165, 1.54) is 5.56 Å². The van der Waals surface area contributed by atoms with Crippen LogP contribution in [0.1, 0.15) is 23.6 Å². The summed E-state index contributed by atoms with van der Waals surface area (Å²) in [6.45, 7) is 0.807. The Balaban J connectivity index is 2.04. The van der Waals surface area contributed by atoms with Crippen molar-refractivity contribution in [3.05, 3.63) is 66.0 Å². The van der Waals surface area contributed by atoms with E-state index < -0.39 is 0 Å². The summed E-state index contributed by atoms with van der Waals surface area (Å²) in [4.78, 5) is 20.6. The third kappa shape index (κ3) is 5.18. The van der Waals surface area contributed by atoms with Crippen molar-refractivity contribution in [1.29, 1.82) is 0 Å². The van der Waals surface area contributed by atoms with Crippen LogP contribution in [0, 0.1) is 0 Å². The zero-order chi connectivity index (χ0) is 16.7. The summed E-state index contributed by atoms with van der Waals surface area (Å²) >= 11 is 0. The number of carbonyl (C=O) groups is 1. The number of hydrogen-bond acceptors (Lipinski definition) is 3. The molecule has 4 nitrogen and oxygen atoms in total. The second-order valence-electron chi connectivity index (χ2n) is 6.05. The van der Waals surface area contributed by atoms with Gasteiger partial charge in [0.25, 0.3) is 0 Å². The molecule has 1 heterocycles. The molecule has 1 aromatic carbocycles. The van der Waals surface area contributed by atoms with Gasteiger partial charge in [0, 0.05) is 32.4 Å². The maximum Gasteiger partial charge on any atom is 0.223 e. The van der Waals surface area contributed by atoms with Crippen molar-refractivity contribution in [1.82, 2.24) is 14.8 Å². The predicted octanol–water partition coefficient (Wildman–Crippen LogP) is 2.78. The predicted molar refractivity (Wildman–Crippen MR) is 93.1 cm³/mol. The van der Waals surface area contributed by atoms with Crippen molar-refractivity contribution in [3.8, 4) is 0 Å². The van der Waals surface area contributed by atoms with Crippen LogP contribution in [0.2, 0.25) is 0 Å². The molecule has 0 radical (unpaired) electrons. The number of carbonyl (C=O) groups excluding carboxylic acids is 1. The number of aromatic nitrogens is 1. The van der Waals surface area contributed by atoms with E-state index in [9.17, 15) is 4.79 Å². The highest BCUT2D eigenvalue weighted by atomic mass is 16.2. The van der Waals surface area contributed by atoms with Crippen molar-refractivity contribution in [2.75, 3.05) is 27.7 Å². The third-order valence-corrected chi connectivity index (χ3v) is 3.96. The first kappa shape index (κ1) is 17.2. The van der Waals surface area contributed by atoms with Crippen molar-refractivity contribution >= 4 is 5.91 Å². The molecule has 0 spiro atoms. The topological polar surface area (TPSA) is 36.4 Å². The average Bonchev–Trinajstić information content (AvgIpc) is 2.58. The Hall–Kier alpha value is -2.20. The number of benzene rings is 1. The number of pyridine rings is 1. The van der Waals surface area contributed by atoms with Crippen LogP contribution in [0.5, 0.6) is 0 Å². The lowest BCUT2D eigenvalue weighted by Crippen LogP contribution is -2.37. The molecule has 2 aromatic rings. The van der Waals surface area contributed by atoms with Crippen LogP contribution in [0.3, 0.4) is 0 Å². The standard InChI is InChI=1S/C19H25N3O/c1-21(2)15-18(17-7-5-4-6-8-17)22(3)19(23)10-9-16-11-13-20-14-12-16/h4-8,11-14,18H,9-10,15H2,1-3H3/t18-/m1/s1. The summed E-state index contributed by atoms with van der Waals surface area (Å²) in [7, 11) is 5.96. The van der Waals surface area contributed by atoms with E-state index in [1.54, 1.807) is 12.4 Å². The van der Waals surface area contributed by atoms with E-state index in [2.05, 4.69) is 22.0 Å². The Morgan fingerprint density at radius 1 is 1.04 bits per heavy atom. The quantitative estimate of drug-likeness (QED) is 0.789. The summed E-state index contributed by atoms with van der Waals surface area (Å²) in [5.41, 5.74) is 2.31. The largest absolute Gasteiger partial charge is 0.337 e. The van der Waals surface area contributed by atoms with Gasteiger partial charge in [-0.15, -0.1) is 0 Å². The molecule has 0 aliphatic rings. The number of hydrogen-bond donors (Lipinski definition) is 0. The zero-order valence-electron chi connectivity index (χ0n) is 14.1. The summed E-state index contributed by atoms with van der Waals surface area (Å²) in [6.07, 6.45) is 4.79. The highest BCUT2D eigenvalue weighted by molar-refractivity contribution is 5.76. The normalized spacial score (nSPS) is 12.2. The molecular weight excluding hydrogens is 286 g/mol. The van der Waals surface area contributed by atoms with Gasteiger partial charge in [0.05, 0.1) is 6.04 Å². The van der Waals surface area contributed by atoms with Crippen LogP contribution in [0.4, 0.5) is 0 Å². The van der Waals surface area contributed by atoms with Gasteiger partial charge < -0.3 is 9.80 Å². The average molecular weight is 311 g/mol. The Labute approximate surface area is 138 Å². The van der Waals surface area contributed by atoms with Crippen LogP contribution in [-0.4, -0.2) is 48.4 Å². The second-order valence-corrected chi connectivity index (χ2v) is 6.05. The molecule has 4 heteroatoms. The lowest BCUT2D eigenvalue weighted by molar-refractivity contribution is -0.132. The molecule has 1 aromatic heterocycles. The second kappa shape index (κ2) is 8.44. The minimum atomic E-state index is 0.0659. The van der Waals surface area contributed by atoms with Crippen LogP contribution >= 0.6 is 0 Å². The Kier molecular flexibility index (Phi) is 6.29. The summed E-state index contributed by atoms with van der Waals surface area (Å²) in [5.74, 6) is 0.164. The first-order valence-electron chi connectivity index (χ1n) is 7.92. The summed E-state index contributed by atoms with van der Waals surface area (Å²) in [5, 5.41) is 0. The molecule has 122 valence electrons. The number of rotatable bonds is 7. The molecule has 0 saturated carbocycles. The highest BCUT2D eigenvalue weighted by Crippen LogP contribution is 2.21. The van der Waals surface area contributed by atoms with Crippen LogP contribution < -0.4 is 0 Å². The number of nitrogens with zero attached hydrogens (tertiary/aromatic N) is 3. The zero-order valence-corrected chi connectivity index (χ0v) is 14.1. The lowest BCUT2D eigenvalue weighted by atomic mass is 10.0. The Morgan fingerprint density at radius 3 is 2.30 bits per heavy atom. The smallest absolute Gasteiger partial charge is 0.223 e. The fraction of sp³-hybridized carbons (Fsp3) is 0.368. The van der Waals surface area contributed by atoms with Gasteiger partial charge in [-0.1, -0.05) is 30.3 Å². The third-order valence-electron chi connectivity index (χ3n) is 3.96. The van der Waals surface area contributed by atoms with Crippen molar-refractivity contribution in [2.24, 2.45) is 0 Å². The number of aryl methyl sites for hydroxylation is 1. The first-order chi connectivity index (χ1) is 11.1. The summed E-state index contributed by atoms with van der Waals surface area (Å²) < 4.78 is 0. The van der Waals surface area contributed by atoms with E-state index in [0.29, 0.717) is 6.42 Å². The minimum absolute atomic E-state index is 0.0659. The van der Waals surface area contributed by atoms with Gasteiger partial charge in [-0.3, -0.25) is 9.78 Å². The van der Waals surface area contributed by atoms with E-state index in [1.807, 2.05) is 56.4 Å². The van der Waals surface area contributed by atoms with Gasteiger partial charge in [-0.2, -0.15) is 0 Å². The van der Waals surface area contributed by atoms with E-state index in [0.717, 1.165) is 18.5 Å². The van der Waals surface area contributed by atoms with E-state index in [-0.39, 0.29) is 11.9 Å². The van der Waals surface area contributed by atoms with Gasteiger partial charge in [-0.05, 0) is 43.8 Å². The maximum atomic E-state index is 12.6. The molecule has 0 unspecified atom stereocenters. The molecule has 0 N–H and O–H groups in total. The Bertz CT molecular complexity index is 599. The van der Waals surface area contributed by atoms with Crippen molar-refractivity contribution < 1.29 is 4.79 Å². The molecule has 1 amide bonds. The maximum absolute atomic E-state index is 12.6. The van der Waals surface area contributed by atoms with Gasteiger partial charge in [0.1, 0.15) is 0 Å². The van der Waals surface area contributed by atoms with Gasteiger partial charge in [0.15, 0.2) is 0 Å². The molecule has 2 rings (SSSR count). The minimum Gasteiger partial charge on any atom is -0.337 e. The first-order valence-corrected chi connectivity index (χ1v) is 7.92. The molecule has 0 saturated heterocycles. The molecule has 0 aliphatic heterocycles. The van der Waals surface area contributed by atoms with Crippen molar-refractivity contribution in [2.45, 2.75) is 18.9 Å². The fourth-order valence-corrected chi connectivity index (χ4v) is 2.62. The van der Waals surface area contributed by atoms with Crippen LogP contribution in [-0.2, 0) is 11.2 Å². The fourth-order valence-electron chi connectivity index (χ4n) is 2.62. The lowest BCUT2D eigenvalue weighted by Gasteiger charge is -2.31. The molecular formula is C19H25N3O. The molecule has 1 atom stereocenters. The van der Waals surface area contributed by atoms with Crippen LogP contribution in [0.15, 0.2) is 54.9 Å². The van der Waals surface area contributed by atoms with E-state index in [4.69, 9.17) is 0 Å². The molecule has 0 aliphatic carbocycles.